The van der Waals surface area contributed by atoms with E-state index < -0.39 is 10.8 Å². The van der Waals surface area contributed by atoms with Crippen LogP contribution < -0.4 is 0 Å². The lowest BCUT2D eigenvalue weighted by Gasteiger charge is -2.27. The Hall–Kier alpha value is -4.53. The molecule has 0 spiro atoms. The second-order valence-electron chi connectivity index (χ2n) is 16.4. The lowest BCUT2D eigenvalue weighted by Crippen LogP contribution is -2.19. The Morgan fingerprint density at radius 1 is 0.469 bits per heavy atom. The van der Waals surface area contributed by atoms with Crippen molar-refractivity contribution in [3.63, 3.8) is 0 Å². The van der Waals surface area contributed by atoms with Gasteiger partial charge < -0.3 is 0 Å². The quantitative estimate of drug-likeness (QED) is 0.185. The fraction of sp³-hybridized carbons (Fsp3) is 0.234. The van der Waals surface area contributed by atoms with E-state index in [1.165, 1.54) is 50.1 Å². The monoisotopic (exact) mass is 656 g/mol. The summed E-state index contributed by atoms with van der Waals surface area (Å²) in [5.74, 6) is 0. The predicted octanol–water partition coefficient (Wildman–Crippen LogP) is 12.7. The minimum absolute atomic E-state index is 0.00678. The summed E-state index contributed by atoms with van der Waals surface area (Å²) in [7, 11) is -1.21. The number of rotatable bonds is 3. The molecule has 1 nitrogen and oxygen atoms in total. The van der Waals surface area contributed by atoms with Gasteiger partial charge in [-0.25, -0.2) is 4.21 Å². The molecular formula is C47H44OS. The van der Waals surface area contributed by atoms with Gasteiger partial charge >= 0.3 is 0 Å². The van der Waals surface area contributed by atoms with Gasteiger partial charge in [0.1, 0.15) is 0 Å². The van der Waals surface area contributed by atoms with Gasteiger partial charge in [-0.1, -0.05) is 152 Å². The lowest BCUT2D eigenvalue weighted by atomic mass is 9.76. The van der Waals surface area contributed by atoms with Crippen LogP contribution in [0.1, 0.15) is 77.6 Å². The van der Waals surface area contributed by atoms with E-state index in [1.54, 1.807) is 0 Å². The van der Waals surface area contributed by atoms with Gasteiger partial charge in [0.15, 0.2) is 0 Å². The normalized spacial score (nSPS) is 15.8. The van der Waals surface area contributed by atoms with E-state index in [0.717, 1.165) is 37.6 Å². The van der Waals surface area contributed by atoms with Crippen molar-refractivity contribution < 1.29 is 4.21 Å². The van der Waals surface area contributed by atoms with Crippen molar-refractivity contribution in [1.29, 1.82) is 0 Å². The van der Waals surface area contributed by atoms with Crippen LogP contribution in [0.15, 0.2) is 131 Å². The summed E-state index contributed by atoms with van der Waals surface area (Å²) in [6.07, 6.45) is 0. The van der Waals surface area contributed by atoms with E-state index in [2.05, 4.69) is 159 Å². The fourth-order valence-electron chi connectivity index (χ4n) is 7.85. The largest absolute Gasteiger partial charge is 0.249 e. The molecule has 2 heteroatoms. The smallest absolute Gasteiger partial charge is 0.0868 e. The van der Waals surface area contributed by atoms with Crippen molar-refractivity contribution in [2.75, 3.05) is 0 Å². The van der Waals surface area contributed by atoms with Crippen LogP contribution in [0.25, 0.3) is 55.6 Å². The van der Waals surface area contributed by atoms with Gasteiger partial charge in [0.2, 0.25) is 0 Å². The average Bonchev–Trinajstić information content (AvgIpc) is 3.50. The van der Waals surface area contributed by atoms with Gasteiger partial charge in [0.05, 0.1) is 20.6 Å². The van der Waals surface area contributed by atoms with E-state index in [9.17, 15) is 4.21 Å². The van der Waals surface area contributed by atoms with Crippen molar-refractivity contribution in [3.05, 3.63) is 144 Å². The molecule has 49 heavy (non-hydrogen) atoms. The highest BCUT2D eigenvalue weighted by atomic mass is 32.2. The van der Waals surface area contributed by atoms with Crippen molar-refractivity contribution >= 4 is 10.8 Å². The second kappa shape index (κ2) is 11.0. The summed E-state index contributed by atoms with van der Waals surface area (Å²) in [6, 6.07) is 44.2. The molecule has 8 rings (SSSR count). The third-order valence-corrected chi connectivity index (χ3v) is 12.3. The Kier molecular flexibility index (Phi) is 7.11. The predicted molar refractivity (Wildman–Crippen MR) is 208 cm³/mol. The molecular weight excluding hydrogens is 613 g/mol. The molecule has 0 saturated carbocycles. The van der Waals surface area contributed by atoms with E-state index in [0.29, 0.717) is 0 Å². The highest BCUT2D eigenvalue weighted by molar-refractivity contribution is 7.86. The third kappa shape index (κ3) is 5.07. The summed E-state index contributed by atoms with van der Waals surface area (Å²) in [5.41, 5.74) is 17.4. The molecule has 0 amide bonds. The highest BCUT2D eigenvalue weighted by Gasteiger charge is 2.39. The van der Waals surface area contributed by atoms with Crippen molar-refractivity contribution in [2.45, 2.75) is 81.4 Å². The average molecular weight is 657 g/mol. The van der Waals surface area contributed by atoms with Gasteiger partial charge in [-0.15, -0.1) is 0 Å². The van der Waals surface area contributed by atoms with Crippen LogP contribution in [0.5, 0.6) is 0 Å². The highest BCUT2D eigenvalue weighted by Crippen LogP contribution is 2.54. The van der Waals surface area contributed by atoms with Gasteiger partial charge in [-0.2, -0.15) is 0 Å². The van der Waals surface area contributed by atoms with E-state index in [1.807, 2.05) is 18.2 Å². The molecule has 1 heterocycles. The first-order valence-electron chi connectivity index (χ1n) is 17.4. The van der Waals surface area contributed by atoms with E-state index in [4.69, 9.17) is 0 Å². The maximum atomic E-state index is 13.7. The van der Waals surface area contributed by atoms with Gasteiger partial charge in [0, 0.05) is 11.0 Å². The second-order valence-corrected chi connectivity index (χ2v) is 17.8. The minimum Gasteiger partial charge on any atom is -0.249 e. The maximum Gasteiger partial charge on any atom is 0.0868 e. The van der Waals surface area contributed by atoms with Gasteiger partial charge in [-0.3, -0.25) is 0 Å². The molecule has 0 N–H and O–H groups in total. The van der Waals surface area contributed by atoms with Crippen LogP contribution in [-0.2, 0) is 27.0 Å². The summed E-state index contributed by atoms with van der Waals surface area (Å²) < 4.78 is 13.7. The SMILES string of the molecule is CC(C)(C)c1ccc2c(c1)C(C)(C)c1cc(C(C)(C)C)cc(-c3cccc(-c4cccc(-c5cccc6c5S(=O)c5ccccc5-6)c4)c3)c1-2. The van der Waals surface area contributed by atoms with Crippen LogP contribution in [0, 0.1) is 0 Å². The number of benzene rings is 6. The van der Waals surface area contributed by atoms with Gasteiger partial charge in [-0.05, 0) is 107 Å². The summed E-state index contributed by atoms with van der Waals surface area (Å²) in [5, 5.41) is 0. The molecule has 0 fully saturated rings. The first-order valence-corrected chi connectivity index (χ1v) is 18.6. The Morgan fingerprint density at radius 2 is 1.02 bits per heavy atom. The van der Waals surface area contributed by atoms with Crippen LogP contribution >= 0.6 is 0 Å². The van der Waals surface area contributed by atoms with Gasteiger partial charge in [0.25, 0.3) is 0 Å². The Labute approximate surface area is 294 Å². The number of hydrogen-bond acceptors (Lipinski definition) is 1. The molecule has 1 unspecified atom stereocenters. The zero-order valence-electron chi connectivity index (χ0n) is 29.9. The molecule has 1 aliphatic heterocycles. The summed E-state index contributed by atoms with van der Waals surface area (Å²) in [4.78, 5) is 1.82. The molecule has 2 aliphatic rings. The molecule has 6 aromatic rings. The Morgan fingerprint density at radius 3 is 1.69 bits per heavy atom. The Bertz CT molecular complexity index is 2340. The fourth-order valence-corrected chi connectivity index (χ4v) is 9.41. The van der Waals surface area contributed by atoms with Crippen molar-refractivity contribution in [3.8, 4) is 55.6 Å². The van der Waals surface area contributed by atoms with Crippen LogP contribution in [-0.4, -0.2) is 4.21 Å². The molecule has 6 aromatic carbocycles. The first kappa shape index (κ1) is 31.7. The minimum atomic E-state index is -1.21. The molecule has 244 valence electrons. The summed E-state index contributed by atoms with van der Waals surface area (Å²) >= 11 is 0. The standard InChI is InChI=1S/C47H44OS/c1-45(2,3)33-22-23-38-40(27-33)47(7,8)41-28-34(46(4,5)6)26-39(43(38)41)32-17-12-15-30(25-32)29-14-11-16-31(24-29)35-19-13-20-37-36-18-9-10-21-42(36)49(48)44(35)37/h9-28H,1-8H3. The molecule has 0 radical (unpaired) electrons. The van der Waals surface area contributed by atoms with Crippen LogP contribution in [0.3, 0.4) is 0 Å². The zero-order chi connectivity index (χ0) is 34.5. The third-order valence-electron chi connectivity index (χ3n) is 10.8. The van der Waals surface area contributed by atoms with Crippen LogP contribution in [0.4, 0.5) is 0 Å². The van der Waals surface area contributed by atoms with Crippen molar-refractivity contribution in [2.24, 2.45) is 0 Å². The lowest BCUT2D eigenvalue weighted by molar-refractivity contribution is 0.580. The molecule has 0 aromatic heterocycles. The molecule has 1 atom stereocenters. The van der Waals surface area contributed by atoms with Crippen molar-refractivity contribution in [1.82, 2.24) is 0 Å². The number of hydrogen-bond donors (Lipinski definition) is 0. The first-order chi connectivity index (χ1) is 23.2. The summed E-state index contributed by atoms with van der Waals surface area (Å²) in [6.45, 7) is 18.7. The molecule has 0 saturated heterocycles. The topological polar surface area (TPSA) is 17.1 Å². The zero-order valence-corrected chi connectivity index (χ0v) is 30.7. The van der Waals surface area contributed by atoms with Crippen LogP contribution in [0.2, 0.25) is 0 Å². The number of fused-ring (bicyclic) bond motifs is 6. The molecule has 1 aliphatic carbocycles. The maximum absolute atomic E-state index is 13.7. The van der Waals surface area contributed by atoms with E-state index >= 15 is 0 Å². The van der Waals surface area contributed by atoms with E-state index in [-0.39, 0.29) is 16.2 Å². The molecule has 0 bridgehead atoms. The Balaban J connectivity index is 1.27.